The highest BCUT2D eigenvalue weighted by Gasteiger charge is 2.17. The van der Waals surface area contributed by atoms with Gasteiger partial charge in [-0.3, -0.25) is 0 Å². The summed E-state index contributed by atoms with van der Waals surface area (Å²) in [6.45, 7) is 0. The number of hydrogen-bond acceptors (Lipinski definition) is 6. The number of sulfone groups is 1. The number of halogens is 1. The maximum atomic E-state index is 12.6. The van der Waals surface area contributed by atoms with E-state index in [2.05, 4.69) is 10.2 Å². The van der Waals surface area contributed by atoms with Crippen molar-refractivity contribution >= 4 is 44.5 Å². The van der Waals surface area contributed by atoms with E-state index in [4.69, 9.17) is 11.6 Å². The van der Waals surface area contributed by atoms with Crippen LogP contribution in [0.15, 0.2) is 62.7 Å². The van der Waals surface area contributed by atoms with Crippen LogP contribution >= 0.6 is 34.7 Å². The monoisotopic (exact) mass is 382 g/mol. The Hall–Kier alpha value is -1.41. The summed E-state index contributed by atoms with van der Waals surface area (Å²) in [6.07, 6.45) is 1.94. The highest BCUT2D eigenvalue weighted by molar-refractivity contribution is 8.00. The molecule has 1 aromatic heterocycles. The predicted octanol–water partition coefficient (Wildman–Crippen LogP) is 4.41. The smallest absolute Gasteiger partial charge is 0.206 e. The lowest BCUT2D eigenvalue weighted by atomic mass is 10.2. The van der Waals surface area contributed by atoms with Crippen LogP contribution in [-0.2, 0) is 9.84 Å². The minimum Gasteiger partial charge on any atom is -0.219 e. The molecule has 2 aromatic carbocycles. The molecule has 4 nitrogen and oxygen atoms in total. The normalized spacial score (nSPS) is 11.6. The predicted molar refractivity (Wildman–Crippen MR) is 94.0 cm³/mol. The molecule has 0 unspecified atom stereocenters. The molecular formula is C15H11ClN2O2S3. The first kappa shape index (κ1) is 16.4. The van der Waals surface area contributed by atoms with Gasteiger partial charge < -0.3 is 0 Å². The van der Waals surface area contributed by atoms with Crippen molar-refractivity contribution in [3.8, 4) is 10.6 Å². The van der Waals surface area contributed by atoms with Gasteiger partial charge in [-0.1, -0.05) is 46.8 Å². The van der Waals surface area contributed by atoms with Crippen LogP contribution in [-0.4, -0.2) is 24.9 Å². The zero-order chi connectivity index (χ0) is 16.4. The number of hydrogen-bond donors (Lipinski definition) is 0. The highest BCUT2D eigenvalue weighted by atomic mass is 35.5. The molecular weight excluding hydrogens is 372 g/mol. The van der Waals surface area contributed by atoms with Crippen molar-refractivity contribution in [3.05, 3.63) is 53.6 Å². The Morgan fingerprint density at radius 2 is 1.52 bits per heavy atom. The van der Waals surface area contributed by atoms with Crippen LogP contribution in [0.25, 0.3) is 10.6 Å². The fraction of sp³-hybridized carbons (Fsp3) is 0.0667. The van der Waals surface area contributed by atoms with Crippen molar-refractivity contribution < 1.29 is 8.42 Å². The molecule has 0 aliphatic carbocycles. The van der Waals surface area contributed by atoms with Gasteiger partial charge in [0, 0.05) is 10.6 Å². The quantitative estimate of drug-likeness (QED) is 0.625. The van der Waals surface area contributed by atoms with Crippen LogP contribution in [0.5, 0.6) is 0 Å². The van der Waals surface area contributed by atoms with E-state index in [0.717, 1.165) is 14.9 Å². The molecule has 23 heavy (non-hydrogen) atoms. The zero-order valence-electron chi connectivity index (χ0n) is 11.9. The number of thioether (sulfide) groups is 1. The van der Waals surface area contributed by atoms with Gasteiger partial charge in [-0.05, 0) is 42.7 Å². The molecule has 3 aromatic rings. The molecule has 0 spiro atoms. The lowest BCUT2D eigenvalue weighted by Gasteiger charge is -2.05. The number of nitrogens with zero attached hydrogens (tertiary/aromatic N) is 2. The molecule has 0 atom stereocenters. The van der Waals surface area contributed by atoms with Gasteiger partial charge in [-0.15, -0.1) is 10.2 Å². The average Bonchev–Trinajstić information content (AvgIpc) is 3.04. The van der Waals surface area contributed by atoms with Crippen molar-refractivity contribution in [2.24, 2.45) is 0 Å². The first-order valence-corrected chi connectivity index (χ1v) is 10.4. The maximum absolute atomic E-state index is 12.6. The molecule has 0 bridgehead atoms. The molecule has 0 saturated carbocycles. The molecule has 1 heterocycles. The molecule has 0 radical (unpaired) electrons. The second-order valence-corrected chi connectivity index (χ2v) is 8.98. The molecule has 8 heteroatoms. The Kier molecular flexibility index (Phi) is 4.72. The first-order chi connectivity index (χ1) is 11.0. The van der Waals surface area contributed by atoms with Crippen LogP contribution in [0, 0.1) is 0 Å². The van der Waals surface area contributed by atoms with Crippen molar-refractivity contribution in [2.75, 3.05) is 6.26 Å². The lowest BCUT2D eigenvalue weighted by Crippen LogP contribution is -2.01. The first-order valence-electron chi connectivity index (χ1n) is 6.49. The van der Waals surface area contributed by atoms with Crippen molar-refractivity contribution in [1.29, 1.82) is 0 Å². The summed E-state index contributed by atoms with van der Waals surface area (Å²) >= 11 is 8.80. The van der Waals surface area contributed by atoms with Gasteiger partial charge in [0.05, 0.1) is 9.79 Å². The maximum Gasteiger partial charge on any atom is 0.206 e. The Balaban J connectivity index is 1.93. The van der Waals surface area contributed by atoms with Crippen LogP contribution in [0.1, 0.15) is 0 Å². The standard InChI is InChI=1S/C15H11ClN2O2S3/c1-21-15-18-17-14(22-15)10-2-6-12(7-3-10)23(19,20)13-8-4-11(16)5-9-13/h2-9H,1H3. The van der Waals surface area contributed by atoms with Gasteiger partial charge in [-0.2, -0.15) is 0 Å². The molecule has 0 N–H and O–H groups in total. The molecule has 118 valence electrons. The molecule has 0 fully saturated rings. The van der Waals surface area contributed by atoms with Crippen molar-refractivity contribution in [2.45, 2.75) is 14.1 Å². The summed E-state index contributed by atoms with van der Waals surface area (Å²) in [6, 6.07) is 12.8. The van der Waals surface area contributed by atoms with Crippen LogP contribution < -0.4 is 0 Å². The Labute approximate surface area is 147 Å². The molecule has 3 rings (SSSR count). The van der Waals surface area contributed by atoms with Gasteiger partial charge in [0.1, 0.15) is 5.01 Å². The molecule has 0 aliphatic heterocycles. The SMILES string of the molecule is CSc1nnc(-c2ccc(S(=O)(=O)c3ccc(Cl)cc3)cc2)s1. The van der Waals surface area contributed by atoms with E-state index in [1.165, 1.54) is 35.2 Å². The van der Waals surface area contributed by atoms with Crippen LogP contribution in [0.2, 0.25) is 5.02 Å². The summed E-state index contributed by atoms with van der Waals surface area (Å²) in [5.41, 5.74) is 0.845. The fourth-order valence-corrected chi connectivity index (χ4v) is 4.60. The minimum absolute atomic E-state index is 0.218. The van der Waals surface area contributed by atoms with Crippen molar-refractivity contribution in [3.63, 3.8) is 0 Å². The van der Waals surface area contributed by atoms with E-state index in [1.807, 2.05) is 6.26 Å². The third-order valence-electron chi connectivity index (χ3n) is 3.12. The van der Waals surface area contributed by atoms with E-state index >= 15 is 0 Å². The second kappa shape index (κ2) is 6.60. The van der Waals surface area contributed by atoms with Gasteiger partial charge in [-0.25, -0.2) is 8.42 Å². The average molecular weight is 383 g/mol. The van der Waals surface area contributed by atoms with Crippen molar-refractivity contribution in [1.82, 2.24) is 10.2 Å². The summed E-state index contributed by atoms with van der Waals surface area (Å²) in [7, 11) is -3.55. The van der Waals surface area contributed by atoms with E-state index in [-0.39, 0.29) is 9.79 Å². The summed E-state index contributed by atoms with van der Waals surface area (Å²) in [5, 5.41) is 9.41. The Morgan fingerprint density at radius 1 is 0.957 bits per heavy atom. The van der Waals surface area contributed by atoms with Gasteiger partial charge in [0.2, 0.25) is 9.84 Å². The topological polar surface area (TPSA) is 59.9 Å². The number of benzene rings is 2. The second-order valence-electron chi connectivity index (χ2n) is 4.56. The van der Waals surface area contributed by atoms with E-state index in [1.54, 1.807) is 36.4 Å². The number of rotatable bonds is 4. The number of aromatic nitrogens is 2. The van der Waals surface area contributed by atoms with E-state index < -0.39 is 9.84 Å². The van der Waals surface area contributed by atoms with E-state index in [0.29, 0.717) is 5.02 Å². The summed E-state index contributed by atoms with van der Waals surface area (Å²) in [4.78, 5) is 0.452. The Bertz CT molecular complexity index is 920. The highest BCUT2D eigenvalue weighted by Crippen LogP contribution is 2.30. The van der Waals surface area contributed by atoms with Gasteiger partial charge >= 0.3 is 0 Å². The largest absolute Gasteiger partial charge is 0.219 e. The Morgan fingerprint density at radius 3 is 2.04 bits per heavy atom. The molecule has 0 aliphatic rings. The zero-order valence-corrected chi connectivity index (χ0v) is 15.1. The van der Waals surface area contributed by atoms with Crippen LogP contribution in [0.4, 0.5) is 0 Å². The van der Waals surface area contributed by atoms with Crippen LogP contribution in [0.3, 0.4) is 0 Å². The third kappa shape index (κ3) is 3.42. The van der Waals surface area contributed by atoms with E-state index in [9.17, 15) is 8.42 Å². The minimum atomic E-state index is -3.55. The van der Waals surface area contributed by atoms with Gasteiger partial charge in [0.25, 0.3) is 0 Å². The summed E-state index contributed by atoms with van der Waals surface area (Å²) in [5.74, 6) is 0. The third-order valence-corrected chi connectivity index (χ3v) is 7.10. The summed E-state index contributed by atoms with van der Waals surface area (Å²) < 4.78 is 26.0. The molecule has 0 saturated heterocycles. The fourth-order valence-electron chi connectivity index (χ4n) is 1.94. The lowest BCUT2D eigenvalue weighted by molar-refractivity contribution is 0.596. The van der Waals surface area contributed by atoms with Gasteiger partial charge in [0.15, 0.2) is 4.34 Å². The molecule has 0 amide bonds.